The molecule has 1 fully saturated rings. The lowest BCUT2D eigenvalue weighted by Gasteiger charge is -2.42. The number of primary amides is 1. The van der Waals surface area contributed by atoms with Crippen LogP contribution >= 0.6 is 0 Å². The maximum Gasteiger partial charge on any atom is 0.318 e. The molecule has 1 saturated heterocycles. The molecule has 3 N–H and O–H groups in total. The number of halogens is 1. The van der Waals surface area contributed by atoms with Crippen molar-refractivity contribution in [3.63, 3.8) is 0 Å². The lowest BCUT2D eigenvalue weighted by Crippen LogP contribution is -2.56. The molecule has 3 amide bonds. The van der Waals surface area contributed by atoms with Crippen LogP contribution in [0.1, 0.15) is 5.56 Å². The van der Waals surface area contributed by atoms with Gasteiger partial charge >= 0.3 is 6.03 Å². The molecule has 9 nitrogen and oxygen atoms in total. The molecule has 2 heterocycles. The number of nitrogens with one attached hydrogen (secondary N) is 1. The van der Waals surface area contributed by atoms with Crippen molar-refractivity contribution < 1.29 is 22.4 Å². The van der Waals surface area contributed by atoms with Gasteiger partial charge in [-0.05, 0) is 47.9 Å². The van der Waals surface area contributed by atoms with E-state index < -0.39 is 16.1 Å². The average Bonchev–Trinajstić information content (AvgIpc) is 3.06. The van der Waals surface area contributed by atoms with Gasteiger partial charge in [0.2, 0.25) is 16.4 Å². The van der Waals surface area contributed by atoms with E-state index in [9.17, 15) is 22.4 Å². The maximum atomic E-state index is 14.2. The van der Waals surface area contributed by atoms with Crippen LogP contribution in [0.3, 0.4) is 0 Å². The fourth-order valence-corrected chi connectivity index (χ4v) is 7.29. The van der Waals surface area contributed by atoms with Crippen molar-refractivity contribution in [2.45, 2.75) is 17.4 Å². The number of amides is 3. The second-order valence-corrected chi connectivity index (χ2v) is 12.2. The Hall–Kier alpha value is -5.13. The van der Waals surface area contributed by atoms with Gasteiger partial charge in [0.15, 0.2) is 0 Å². The number of hydrogen-bond acceptors (Lipinski definition) is 6. The topological polar surface area (TPSA) is 126 Å². The first-order chi connectivity index (χ1) is 21.8. The number of pyridine rings is 1. The largest absolute Gasteiger partial charge is 0.368 e. The van der Waals surface area contributed by atoms with Crippen LogP contribution in [0.5, 0.6) is 0 Å². The molecule has 1 atom stereocenters. The number of carbonyl (C=O) groups is 2. The highest BCUT2D eigenvalue weighted by Gasteiger charge is 2.37. The van der Waals surface area contributed by atoms with Crippen LogP contribution in [0.15, 0.2) is 120 Å². The van der Waals surface area contributed by atoms with E-state index in [2.05, 4.69) is 39.9 Å². The number of nitrogens with zero attached hydrogens (tertiary/aromatic N) is 3. The Balaban J connectivity index is 0.000000609. The number of fused-ring (bicyclic) bond motifs is 1. The first kappa shape index (κ1) is 31.3. The van der Waals surface area contributed by atoms with Crippen LogP contribution in [-0.4, -0.2) is 55.8 Å². The van der Waals surface area contributed by atoms with Gasteiger partial charge in [0.1, 0.15) is 10.7 Å². The number of urea groups is 1. The SMILES string of the molecule is NC(=O)NC=O.O=S(=O)(c1cccc2cccnc12)N1CCN(c2ccccc2-c2ccccc2)CC1Cc1ccc(F)cc1. The van der Waals surface area contributed by atoms with Crippen LogP contribution < -0.4 is 16.0 Å². The number of aromatic nitrogens is 1. The number of carbonyl (C=O) groups excluding carboxylic acids is 2. The average molecular weight is 626 g/mol. The Bertz CT molecular complexity index is 1880. The van der Waals surface area contributed by atoms with Crippen molar-refractivity contribution >= 4 is 39.1 Å². The Morgan fingerprint density at radius 2 is 1.62 bits per heavy atom. The second kappa shape index (κ2) is 14.1. The molecule has 4 aromatic carbocycles. The summed E-state index contributed by atoms with van der Waals surface area (Å²) in [6, 6.07) is 32.5. The minimum atomic E-state index is -3.86. The molecular weight excluding hydrogens is 593 g/mol. The number of para-hydroxylation sites is 2. The van der Waals surface area contributed by atoms with E-state index in [4.69, 9.17) is 0 Å². The van der Waals surface area contributed by atoms with Gasteiger partial charge in [0.05, 0.1) is 5.52 Å². The zero-order valence-corrected chi connectivity index (χ0v) is 25.1. The van der Waals surface area contributed by atoms with Crippen molar-refractivity contribution in [1.29, 1.82) is 0 Å². The summed E-state index contributed by atoms with van der Waals surface area (Å²) in [5.41, 5.74) is 9.06. The molecule has 45 heavy (non-hydrogen) atoms. The Morgan fingerprint density at radius 1 is 0.911 bits per heavy atom. The number of nitrogens with two attached hydrogens (primary N) is 1. The van der Waals surface area contributed by atoms with Gasteiger partial charge in [0, 0.05) is 48.5 Å². The number of benzene rings is 4. The predicted octanol–water partition coefficient (Wildman–Crippen LogP) is 4.97. The normalized spacial score (nSPS) is 15.1. The van der Waals surface area contributed by atoms with Crippen LogP contribution in [-0.2, 0) is 21.2 Å². The molecule has 1 aliphatic heterocycles. The molecule has 1 unspecified atom stereocenters. The first-order valence-electron chi connectivity index (χ1n) is 14.3. The van der Waals surface area contributed by atoms with Crippen molar-refractivity contribution in [2.24, 2.45) is 5.73 Å². The second-order valence-electron chi connectivity index (χ2n) is 10.4. The van der Waals surface area contributed by atoms with Gasteiger partial charge in [-0.25, -0.2) is 17.6 Å². The third kappa shape index (κ3) is 7.34. The van der Waals surface area contributed by atoms with Gasteiger partial charge in [-0.3, -0.25) is 15.1 Å². The molecular formula is C34H32FN5O4S. The molecule has 0 aliphatic carbocycles. The van der Waals surface area contributed by atoms with Crippen LogP contribution in [0.2, 0.25) is 0 Å². The van der Waals surface area contributed by atoms with E-state index in [-0.39, 0.29) is 23.2 Å². The molecule has 230 valence electrons. The lowest BCUT2D eigenvalue weighted by molar-refractivity contribution is -0.108. The summed E-state index contributed by atoms with van der Waals surface area (Å²) in [4.78, 5) is 25.6. The molecule has 0 radical (unpaired) electrons. The fourth-order valence-electron chi connectivity index (χ4n) is 5.51. The third-order valence-electron chi connectivity index (χ3n) is 7.53. The van der Waals surface area contributed by atoms with E-state index >= 15 is 0 Å². The van der Waals surface area contributed by atoms with E-state index in [1.165, 1.54) is 12.1 Å². The minimum absolute atomic E-state index is 0.211. The van der Waals surface area contributed by atoms with Crippen LogP contribution in [0.25, 0.3) is 22.0 Å². The third-order valence-corrected chi connectivity index (χ3v) is 9.51. The Morgan fingerprint density at radius 3 is 2.33 bits per heavy atom. The van der Waals surface area contributed by atoms with Crippen molar-refractivity contribution in [2.75, 3.05) is 24.5 Å². The van der Waals surface area contributed by atoms with Gasteiger partial charge in [-0.1, -0.05) is 78.9 Å². The molecule has 0 saturated carbocycles. The zero-order chi connectivity index (χ0) is 31.8. The fraction of sp³-hybridized carbons (Fsp3) is 0.147. The van der Waals surface area contributed by atoms with E-state index in [1.54, 1.807) is 46.2 Å². The number of hydrogen-bond donors (Lipinski definition) is 2. The molecule has 6 rings (SSSR count). The van der Waals surface area contributed by atoms with Gasteiger partial charge in [-0.2, -0.15) is 4.31 Å². The van der Waals surface area contributed by atoms with Crippen molar-refractivity contribution in [3.05, 3.63) is 127 Å². The molecule has 0 spiro atoms. The number of imide groups is 1. The molecule has 1 aromatic heterocycles. The Labute approximate surface area is 261 Å². The van der Waals surface area contributed by atoms with Crippen LogP contribution in [0, 0.1) is 5.82 Å². The quantitative estimate of drug-likeness (QED) is 0.246. The highest BCUT2D eigenvalue weighted by molar-refractivity contribution is 7.89. The van der Waals surface area contributed by atoms with E-state index in [0.29, 0.717) is 31.6 Å². The molecule has 1 aliphatic rings. The molecule has 5 aromatic rings. The van der Waals surface area contributed by atoms with Crippen molar-refractivity contribution in [3.8, 4) is 11.1 Å². The van der Waals surface area contributed by atoms with E-state index in [1.807, 2.05) is 42.5 Å². The number of rotatable bonds is 7. The predicted molar refractivity (Wildman–Crippen MR) is 172 cm³/mol. The summed E-state index contributed by atoms with van der Waals surface area (Å²) >= 11 is 0. The highest BCUT2D eigenvalue weighted by atomic mass is 32.2. The smallest absolute Gasteiger partial charge is 0.318 e. The molecule has 0 bridgehead atoms. The minimum Gasteiger partial charge on any atom is -0.368 e. The summed E-state index contributed by atoms with van der Waals surface area (Å²) in [5, 5.41) is 2.45. The monoisotopic (exact) mass is 625 g/mol. The number of piperazine rings is 1. The summed E-state index contributed by atoms with van der Waals surface area (Å²) in [5.74, 6) is -0.313. The zero-order valence-electron chi connectivity index (χ0n) is 24.3. The first-order valence-corrected chi connectivity index (χ1v) is 15.7. The number of sulfonamides is 1. The van der Waals surface area contributed by atoms with Gasteiger partial charge in [0.25, 0.3) is 0 Å². The van der Waals surface area contributed by atoms with Crippen molar-refractivity contribution in [1.82, 2.24) is 14.6 Å². The summed E-state index contributed by atoms with van der Waals surface area (Å²) in [6.45, 7) is 1.36. The highest BCUT2D eigenvalue weighted by Crippen LogP contribution is 2.34. The van der Waals surface area contributed by atoms with E-state index in [0.717, 1.165) is 27.8 Å². The lowest BCUT2D eigenvalue weighted by atomic mass is 10.00. The summed E-state index contributed by atoms with van der Waals surface area (Å²) < 4.78 is 43.7. The van der Waals surface area contributed by atoms with Crippen LogP contribution in [0.4, 0.5) is 14.9 Å². The van der Waals surface area contributed by atoms with Gasteiger partial charge in [-0.15, -0.1) is 0 Å². The Kier molecular flexibility index (Phi) is 9.81. The summed E-state index contributed by atoms with van der Waals surface area (Å²) in [7, 11) is -3.86. The maximum absolute atomic E-state index is 14.2. The molecule has 11 heteroatoms. The van der Waals surface area contributed by atoms with Gasteiger partial charge < -0.3 is 10.6 Å². The standard InChI is InChI=1S/C32H28FN3O2S.C2H4N2O2/c33-27-17-15-24(16-18-27)22-28-23-35(30-13-5-4-12-29(30)25-8-2-1-3-9-25)20-21-36(28)39(37,38)31-14-6-10-26-11-7-19-34-32(26)31;3-2(6)4-1-5/h1-19,28H,20-23H2;1H,(H3,3,4,5,6). The number of anilines is 1. The summed E-state index contributed by atoms with van der Waals surface area (Å²) in [6.07, 6.45) is 2.31.